The molecule has 0 aliphatic heterocycles. The summed E-state index contributed by atoms with van der Waals surface area (Å²) < 4.78 is 6.68. The van der Waals surface area contributed by atoms with Crippen LogP contribution >= 0.6 is 0 Å². The van der Waals surface area contributed by atoms with Crippen molar-refractivity contribution in [2.75, 3.05) is 13.7 Å². The van der Waals surface area contributed by atoms with Crippen molar-refractivity contribution in [3.63, 3.8) is 0 Å². The van der Waals surface area contributed by atoms with Crippen LogP contribution in [0.5, 0.6) is 0 Å². The normalized spacial score (nSPS) is 13.3. The van der Waals surface area contributed by atoms with Crippen LogP contribution in [0.2, 0.25) is 0 Å². The molecule has 4 heteroatoms. The van der Waals surface area contributed by atoms with Crippen LogP contribution in [0.15, 0.2) is 6.20 Å². The largest absolute Gasteiger partial charge is 0.384 e. The maximum Gasteiger partial charge on any atom is 0.119 e. The molecule has 0 fully saturated rings. The van der Waals surface area contributed by atoms with E-state index in [-0.39, 0.29) is 0 Å². The van der Waals surface area contributed by atoms with Gasteiger partial charge in [-0.25, -0.2) is 4.98 Å². The molecule has 1 atom stereocenters. The quantitative estimate of drug-likeness (QED) is 0.714. The summed E-state index contributed by atoms with van der Waals surface area (Å²) in [5.41, 5.74) is 0.786. The fourth-order valence-corrected chi connectivity index (χ4v) is 1.07. The summed E-state index contributed by atoms with van der Waals surface area (Å²) in [4.78, 5) is 4.07. The molecule has 1 N–H and O–H groups in total. The fourth-order valence-electron chi connectivity index (χ4n) is 1.07. The summed E-state index contributed by atoms with van der Waals surface area (Å²) in [5.74, 6) is 0.889. The number of nitrogens with zero attached hydrogens (tertiary/aromatic N) is 2. The zero-order valence-electron chi connectivity index (χ0n) is 7.61. The van der Waals surface area contributed by atoms with Gasteiger partial charge in [0.25, 0.3) is 0 Å². The molecule has 4 nitrogen and oxygen atoms in total. The van der Waals surface area contributed by atoms with Gasteiger partial charge in [0, 0.05) is 14.2 Å². The second-order valence-electron chi connectivity index (χ2n) is 2.76. The second kappa shape index (κ2) is 3.69. The summed E-state index contributed by atoms with van der Waals surface area (Å²) in [7, 11) is 3.43. The SMILES string of the molecule is COCC(O)c1cnc(C)n1C. The average Bonchev–Trinajstić information content (AvgIpc) is 2.34. The van der Waals surface area contributed by atoms with Crippen LogP contribution in [0.3, 0.4) is 0 Å². The Kier molecular flexibility index (Phi) is 2.83. The Hall–Kier alpha value is -0.870. The molecule has 1 unspecified atom stereocenters. The molecule has 0 saturated carbocycles. The second-order valence-corrected chi connectivity index (χ2v) is 2.76. The Balaban J connectivity index is 2.80. The lowest BCUT2D eigenvalue weighted by atomic mass is 10.3. The number of hydrogen-bond acceptors (Lipinski definition) is 3. The molecule has 1 rings (SSSR count). The third kappa shape index (κ3) is 1.65. The summed E-state index contributed by atoms with van der Waals surface area (Å²) in [6.45, 7) is 2.20. The van der Waals surface area contributed by atoms with Gasteiger partial charge in [-0.3, -0.25) is 0 Å². The van der Waals surface area contributed by atoms with Gasteiger partial charge >= 0.3 is 0 Å². The number of aliphatic hydroxyl groups is 1. The van der Waals surface area contributed by atoms with Crippen molar-refractivity contribution in [1.82, 2.24) is 9.55 Å². The van der Waals surface area contributed by atoms with E-state index in [9.17, 15) is 5.11 Å². The predicted molar refractivity (Wildman–Crippen MR) is 44.8 cm³/mol. The molecule has 68 valence electrons. The van der Waals surface area contributed by atoms with E-state index < -0.39 is 6.10 Å². The first kappa shape index (κ1) is 9.22. The standard InChI is InChI=1S/C8H14N2O2/c1-6-9-4-7(10(6)2)8(11)5-12-3/h4,8,11H,5H2,1-3H3. The van der Waals surface area contributed by atoms with Gasteiger partial charge in [0.05, 0.1) is 18.5 Å². The molecule has 12 heavy (non-hydrogen) atoms. The summed E-state index contributed by atoms with van der Waals surface area (Å²) in [6.07, 6.45) is 1.08. The first-order chi connectivity index (χ1) is 5.66. The number of methoxy groups -OCH3 is 1. The summed E-state index contributed by atoms with van der Waals surface area (Å²) in [5, 5.41) is 9.53. The molecule has 0 aliphatic carbocycles. The Bertz CT molecular complexity index is 258. The molecule has 0 bridgehead atoms. The molecule has 0 radical (unpaired) electrons. The number of aromatic nitrogens is 2. The van der Waals surface area contributed by atoms with Gasteiger partial charge in [-0.1, -0.05) is 0 Å². The van der Waals surface area contributed by atoms with Crippen molar-refractivity contribution in [3.8, 4) is 0 Å². The van der Waals surface area contributed by atoms with Gasteiger partial charge in [0.15, 0.2) is 0 Å². The molecule has 1 aromatic rings. The molecule has 0 saturated heterocycles. The highest BCUT2D eigenvalue weighted by molar-refractivity contribution is 5.06. The highest BCUT2D eigenvalue weighted by Gasteiger charge is 2.11. The summed E-state index contributed by atoms with van der Waals surface area (Å²) >= 11 is 0. The van der Waals surface area contributed by atoms with Crippen LogP contribution in [-0.2, 0) is 11.8 Å². The molecular formula is C8H14N2O2. The van der Waals surface area contributed by atoms with E-state index >= 15 is 0 Å². The minimum Gasteiger partial charge on any atom is -0.384 e. The van der Waals surface area contributed by atoms with Gasteiger partial charge in [-0.15, -0.1) is 0 Å². The molecule has 0 amide bonds. The molecule has 0 aromatic carbocycles. The Labute approximate surface area is 71.8 Å². The highest BCUT2D eigenvalue weighted by Crippen LogP contribution is 2.12. The molecule has 1 heterocycles. The molecule has 0 aliphatic rings. The monoisotopic (exact) mass is 170 g/mol. The van der Waals surface area contributed by atoms with Crippen molar-refractivity contribution in [3.05, 3.63) is 17.7 Å². The van der Waals surface area contributed by atoms with Crippen LogP contribution in [0.4, 0.5) is 0 Å². The van der Waals surface area contributed by atoms with Gasteiger partial charge in [0.2, 0.25) is 0 Å². The lowest BCUT2D eigenvalue weighted by Gasteiger charge is -2.09. The molecular weight excluding hydrogens is 156 g/mol. The van der Waals surface area contributed by atoms with Gasteiger partial charge in [0.1, 0.15) is 11.9 Å². The number of imidazole rings is 1. The molecule has 1 aromatic heterocycles. The van der Waals surface area contributed by atoms with Crippen LogP contribution < -0.4 is 0 Å². The first-order valence-electron chi connectivity index (χ1n) is 3.82. The average molecular weight is 170 g/mol. The zero-order chi connectivity index (χ0) is 9.14. The fraction of sp³-hybridized carbons (Fsp3) is 0.625. The van der Waals surface area contributed by atoms with Crippen molar-refractivity contribution >= 4 is 0 Å². The van der Waals surface area contributed by atoms with E-state index in [1.165, 1.54) is 0 Å². The number of aliphatic hydroxyl groups excluding tert-OH is 1. The van der Waals surface area contributed by atoms with E-state index in [0.717, 1.165) is 11.5 Å². The lowest BCUT2D eigenvalue weighted by molar-refractivity contribution is 0.0598. The zero-order valence-corrected chi connectivity index (χ0v) is 7.61. The number of ether oxygens (including phenoxy) is 1. The van der Waals surface area contributed by atoms with Crippen molar-refractivity contribution < 1.29 is 9.84 Å². The third-order valence-electron chi connectivity index (χ3n) is 1.92. The van der Waals surface area contributed by atoms with E-state index in [2.05, 4.69) is 4.98 Å². The van der Waals surface area contributed by atoms with Crippen molar-refractivity contribution in [2.45, 2.75) is 13.0 Å². The van der Waals surface area contributed by atoms with Gasteiger partial charge in [-0.05, 0) is 6.92 Å². The number of hydrogen-bond donors (Lipinski definition) is 1. The van der Waals surface area contributed by atoms with Gasteiger partial charge < -0.3 is 14.4 Å². The Morgan fingerprint density at radius 1 is 1.75 bits per heavy atom. The Morgan fingerprint density at radius 3 is 2.83 bits per heavy atom. The predicted octanol–water partition coefficient (Wildman–Crippen LogP) is 0.408. The maximum atomic E-state index is 9.53. The molecule has 0 spiro atoms. The van der Waals surface area contributed by atoms with E-state index in [1.807, 2.05) is 18.5 Å². The minimum absolute atomic E-state index is 0.305. The third-order valence-corrected chi connectivity index (χ3v) is 1.92. The van der Waals surface area contributed by atoms with E-state index in [4.69, 9.17) is 4.74 Å². The van der Waals surface area contributed by atoms with Crippen molar-refractivity contribution in [1.29, 1.82) is 0 Å². The lowest BCUT2D eigenvalue weighted by Crippen LogP contribution is -2.10. The van der Waals surface area contributed by atoms with Crippen LogP contribution in [0.1, 0.15) is 17.6 Å². The maximum absolute atomic E-state index is 9.53. The van der Waals surface area contributed by atoms with Crippen LogP contribution in [0, 0.1) is 6.92 Å². The van der Waals surface area contributed by atoms with E-state index in [1.54, 1.807) is 13.3 Å². The Morgan fingerprint density at radius 2 is 2.42 bits per heavy atom. The number of rotatable bonds is 3. The number of aryl methyl sites for hydroxylation is 1. The summed E-state index contributed by atoms with van der Waals surface area (Å²) in [6, 6.07) is 0. The highest BCUT2D eigenvalue weighted by atomic mass is 16.5. The first-order valence-corrected chi connectivity index (χ1v) is 3.82. The topological polar surface area (TPSA) is 47.3 Å². The minimum atomic E-state index is -0.582. The van der Waals surface area contributed by atoms with Gasteiger partial charge in [-0.2, -0.15) is 0 Å². The smallest absolute Gasteiger partial charge is 0.119 e. The van der Waals surface area contributed by atoms with Crippen molar-refractivity contribution in [2.24, 2.45) is 7.05 Å². The van der Waals surface area contributed by atoms with E-state index in [0.29, 0.717) is 6.61 Å². The van der Waals surface area contributed by atoms with Crippen LogP contribution in [0.25, 0.3) is 0 Å². The van der Waals surface area contributed by atoms with Crippen LogP contribution in [-0.4, -0.2) is 28.4 Å².